The smallest absolute Gasteiger partial charge is 0.351 e. The zero-order chi connectivity index (χ0) is 6.69. The molecule has 1 rings (SSSR count). The molecule has 9 heavy (non-hydrogen) atoms. The standard InChI is InChI=1S/C4H5NO4/c6-3-1-2-4(7)9-5-8-3/h1-3,5-6H. The van der Waals surface area contributed by atoms with E-state index in [1.807, 2.05) is 0 Å². The van der Waals surface area contributed by atoms with E-state index >= 15 is 0 Å². The second-order valence-electron chi connectivity index (χ2n) is 1.37. The zero-order valence-electron chi connectivity index (χ0n) is 4.40. The summed E-state index contributed by atoms with van der Waals surface area (Å²) in [6.07, 6.45) is 1.09. The molecule has 0 aromatic carbocycles. The quantitative estimate of drug-likeness (QED) is 0.434. The minimum atomic E-state index is -1.13. The van der Waals surface area contributed by atoms with Gasteiger partial charge in [0.2, 0.25) is 0 Å². The van der Waals surface area contributed by atoms with Crippen molar-refractivity contribution < 1.29 is 19.6 Å². The summed E-state index contributed by atoms with van der Waals surface area (Å²) in [6.45, 7) is 0. The van der Waals surface area contributed by atoms with Crippen molar-refractivity contribution in [2.45, 2.75) is 6.29 Å². The van der Waals surface area contributed by atoms with Crippen LogP contribution in [0.4, 0.5) is 0 Å². The highest BCUT2D eigenvalue weighted by atomic mass is 16.9. The molecule has 1 heterocycles. The lowest BCUT2D eigenvalue weighted by Crippen LogP contribution is -2.21. The Morgan fingerprint density at radius 1 is 1.78 bits per heavy atom. The van der Waals surface area contributed by atoms with Gasteiger partial charge < -0.3 is 9.94 Å². The van der Waals surface area contributed by atoms with E-state index in [-0.39, 0.29) is 0 Å². The van der Waals surface area contributed by atoms with E-state index in [4.69, 9.17) is 5.11 Å². The average molecular weight is 131 g/mol. The highest BCUT2D eigenvalue weighted by Crippen LogP contribution is 1.91. The summed E-state index contributed by atoms with van der Waals surface area (Å²) in [5, 5.41) is 8.60. The third-order valence-electron chi connectivity index (χ3n) is 0.708. The van der Waals surface area contributed by atoms with Crippen LogP contribution in [0.5, 0.6) is 0 Å². The molecule has 1 aliphatic rings. The minimum absolute atomic E-state index is 0.605. The monoisotopic (exact) mass is 131 g/mol. The Morgan fingerprint density at radius 3 is 3.33 bits per heavy atom. The van der Waals surface area contributed by atoms with Gasteiger partial charge in [0.15, 0.2) is 6.29 Å². The van der Waals surface area contributed by atoms with E-state index < -0.39 is 12.3 Å². The van der Waals surface area contributed by atoms with Gasteiger partial charge in [-0.2, -0.15) is 0 Å². The maximum atomic E-state index is 10.3. The van der Waals surface area contributed by atoms with Gasteiger partial charge in [-0.1, -0.05) is 0 Å². The molecule has 0 spiro atoms. The van der Waals surface area contributed by atoms with Crippen molar-refractivity contribution in [2.75, 3.05) is 0 Å². The Kier molecular flexibility index (Phi) is 1.78. The molecule has 0 amide bonds. The van der Waals surface area contributed by atoms with Gasteiger partial charge in [0.1, 0.15) is 0 Å². The number of hydrogen-bond donors (Lipinski definition) is 2. The van der Waals surface area contributed by atoms with Gasteiger partial charge in [-0.05, 0) is 11.7 Å². The second-order valence-corrected chi connectivity index (χ2v) is 1.37. The van der Waals surface area contributed by atoms with Gasteiger partial charge in [-0.3, -0.25) is 0 Å². The zero-order valence-corrected chi connectivity index (χ0v) is 4.40. The Bertz CT molecular complexity index is 144. The van der Waals surface area contributed by atoms with Crippen LogP contribution in [0.1, 0.15) is 0 Å². The molecule has 0 saturated heterocycles. The molecule has 50 valence electrons. The molecule has 0 fully saturated rings. The van der Waals surface area contributed by atoms with E-state index in [0.29, 0.717) is 0 Å². The van der Waals surface area contributed by atoms with Crippen molar-refractivity contribution in [3.05, 3.63) is 12.2 Å². The highest BCUT2D eigenvalue weighted by Gasteiger charge is 2.06. The lowest BCUT2D eigenvalue weighted by Gasteiger charge is -2.01. The summed E-state index contributed by atoms with van der Waals surface area (Å²) < 4.78 is 0. The van der Waals surface area contributed by atoms with Crippen molar-refractivity contribution in [1.29, 1.82) is 0 Å². The fraction of sp³-hybridized carbons (Fsp3) is 0.250. The predicted molar refractivity (Wildman–Crippen MR) is 25.5 cm³/mol. The van der Waals surface area contributed by atoms with Gasteiger partial charge in [0.05, 0.1) is 0 Å². The Balaban J connectivity index is 2.52. The van der Waals surface area contributed by atoms with Gasteiger partial charge in [-0.15, -0.1) is 0 Å². The van der Waals surface area contributed by atoms with Crippen molar-refractivity contribution in [2.24, 2.45) is 0 Å². The lowest BCUT2D eigenvalue weighted by molar-refractivity contribution is -0.224. The Labute approximate surface area is 50.8 Å². The molecule has 0 bridgehead atoms. The fourth-order valence-corrected chi connectivity index (χ4v) is 0.349. The van der Waals surface area contributed by atoms with Crippen LogP contribution in [-0.4, -0.2) is 17.4 Å². The number of aliphatic hydroxyl groups excluding tert-OH is 1. The first kappa shape index (κ1) is 6.21. The molecular weight excluding hydrogens is 126 g/mol. The minimum Gasteiger partial charge on any atom is -0.363 e. The molecule has 0 aromatic rings. The molecule has 0 saturated carbocycles. The van der Waals surface area contributed by atoms with Crippen molar-refractivity contribution >= 4 is 5.97 Å². The van der Waals surface area contributed by atoms with Gasteiger partial charge >= 0.3 is 5.97 Å². The van der Waals surface area contributed by atoms with Gasteiger partial charge in [0, 0.05) is 6.08 Å². The summed E-state index contributed by atoms with van der Waals surface area (Å²) >= 11 is 0. The average Bonchev–Trinajstić information content (AvgIpc) is 1.97. The molecular formula is C4H5NO4. The summed E-state index contributed by atoms with van der Waals surface area (Å²) in [7, 11) is 0. The lowest BCUT2D eigenvalue weighted by atomic mass is 10.5. The van der Waals surface area contributed by atoms with Crippen LogP contribution < -0.4 is 5.64 Å². The topological polar surface area (TPSA) is 67.8 Å². The van der Waals surface area contributed by atoms with Crippen LogP contribution in [0.25, 0.3) is 0 Å². The second kappa shape index (κ2) is 2.58. The highest BCUT2D eigenvalue weighted by molar-refractivity contribution is 5.81. The largest absolute Gasteiger partial charge is 0.363 e. The van der Waals surface area contributed by atoms with E-state index in [2.05, 4.69) is 9.68 Å². The number of rotatable bonds is 0. The van der Waals surface area contributed by atoms with Crippen molar-refractivity contribution in [1.82, 2.24) is 5.64 Å². The predicted octanol–water partition coefficient (Wildman–Crippen LogP) is -1.15. The SMILES string of the molecule is O=C1C=CC(O)ONO1. The van der Waals surface area contributed by atoms with E-state index in [1.54, 1.807) is 5.64 Å². The van der Waals surface area contributed by atoms with Crippen molar-refractivity contribution in [3.8, 4) is 0 Å². The third kappa shape index (κ3) is 1.80. The molecule has 2 N–H and O–H groups in total. The van der Waals surface area contributed by atoms with Crippen LogP contribution in [0.3, 0.4) is 0 Å². The van der Waals surface area contributed by atoms with Crippen molar-refractivity contribution in [3.63, 3.8) is 0 Å². The van der Waals surface area contributed by atoms with Gasteiger partial charge in [-0.25, -0.2) is 9.63 Å². The first-order valence-electron chi connectivity index (χ1n) is 2.27. The summed E-state index contributed by atoms with van der Waals surface area (Å²) in [6, 6.07) is 0. The number of hydrogen-bond acceptors (Lipinski definition) is 5. The molecule has 0 radical (unpaired) electrons. The first-order valence-corrected chi connectivity index (χ1v) is 2.27. The molecule has 1 unspecified atom stereocenters. The first-order chi connectivity index (χ1) is 4.29. The Morgan fingerprint density at radius 2 is 2.56 bits per heavy atom. The summed E-state index contributed by atoms with van der Waals surface area (Å²) in [4.78, 5) is 18.6. The number of carbonyl (C=O) groups excluding carboxylic acids is 1. The maximum absolute atomic E-state index is 10.3. The van der Waals surface area contributed by atoms with E-state index in [0.717, 1.165) is 12.2 Å². The molecule has 0 aromatic heterocycles. The number of carbonyl (C=O) groups is 1. The molecule has 0 aliphatic carbocycles. The van der Waals surface area contributed by atoms with E-state index in [9.17, 15) is 4.79 Å². The molecule has 5 heteroatoms. The Hall–Kier alpha value is -0.910. The van der Waals surface area contributed by atoms with Crippen LogP contribution in [0, 0.1) is 0 Å². The van der Waals surface area contributed by atoms with Crippen LogP contribution in [-0.2, 0) is 14.5 Å². The van der Waals surface area contributed by atoms with E-state index in [1.165, 1.54) is 0 Å². The maximum Gasteiger partial charge on any atom is 0.351 e. The number of nitrogens with one attached hydrogen (secondary N) is 1. The molecule has 5 nitrogen and oxygen atoms in total. The van der Waals surface area contributed by atoms with Crippen LogP contribution >= 0.6 is 0 Å². The number of aliphatic hydroxyl groups is 1. The van der Waals surface area contributed by atoms with Crippen LogP contribution in [0.15, 0.2) is 12.2 Å². The summed E-state index contributed by atoms with van der Waals surface area (Å²) in [5.41, 5.74) is 1.78. The fourth-order valence-electron chi connectivity index (χ4n) is 0.349. The van der Waals surface area contributed by atoms with Crippen LogP contribution in [0.2, 0.25) is 0 Å². The normalized spacial score (nSPS) is 27.2. The van der Waals surface area contributed by atoms with Gasteiger partial charge in [0.25, 0.3) is 0 Å². The summed E-state index contributed by atoms with van der Waals surface area (Å²) in [5.74, 6) is -0.605. The molecule has 1 atom stereocenters. The molecule has 1 aliphatic heterocycles. The third-order valence-corrected chi connectivity index (χ3v) is 0.708.